The van der Waals surface area contributed by atoms with Gasteiger partial charge in [0.1, 0.15) is 11.3 Å². The molecule has 3 fully saturated rings. The molecule has 3 aliphatic rings. The summed E-state index contributed by atoms with van der Waals surface area (Å²) >= 11 is 0. The van der Waals surface area contributed by atoms with Crippen LogP contribution in [0.3, 0.4) is 0 Å². The molecule has 1 aliphatic heterocycles. The first-order valence-electron chi connectivity index (χ1n) is 16.2. The molecule has 2 saturated carbocycles. The number of likely N-dealkylation sites (tertiary alicyclic amines) is 1. The zero-order valence-electron chi connectivity index (χ0n) is 26.0. The Hall–Kier alpha value is -4.89. The Morgan fingerprint density at radius 3 is 2.61 bits per heavy atom. The molecule has 9 nitrogen and oxygen atoms in total. The number of hydrogen-bond donors (Lipinski definition) is 1. The molecule has 232 valence electrons. The second-order valence-corrected chi connectivity index (χ2v) is 13.4. The van der Waals surface area contributed by atoms with Crippen LogP contribution in [-0.4, -0.2) is 50.7 Å². The molecule has 9 heteroatoms. The molecule has 2 N–H and O–H groups in total. The van der Waals surface area contributed by atoms with Crippen molar-refractivity contribution in [1.82, 2.24) is 19.0 Å². The van der Waals surface area contributed by atoms with Gasteiger partial charge in [-0.3, -0.25) is 4.79 Å². The van der Waals surface area contributed by atoms with E-state index in [0.29, 0.717) is 28.7 Å². The molecule has 3 atom stereocenters. The Morgan fingerprint density at radius 2 is 1.85 bits per heavy atom. The van der Waals surface area contributed by atoms with E-state index in [-0.39, 0.29) is 18.0 Å². The topological polar surface area (TPSA) is 105 Å². The summed E-state index contributed by atoms with van der Waals surface area (Å²) in [5.74, 6) is 2.51. The summed E-state index contributed by atoms with van der Waals surface area (Å²) in [5.41, 5.74) is 13.7. The smallest absolute Gasteiger partial charge is 0.254 e. The third-order valence-electron chi connectivity index (χ3n) is 10.7. The molecule has 6 aromatic rings. The van der Waals surface area contributed by atoms with Crippen LogP contribution >= 0.6 is 0 Å². The van der Waals surface area contributed by atoms with Crippen molar-refractivity contribution in [3.63, 3.8) is 0 Å². The molecule has 9 rings (SSSR count). The number of carbonyl (C=O) groups is 1. The Balaban J connectivity index is 1.15. The average Bonchev–Trinajstić information content (AvgIpc) is 3.47. The summed E-state index contributed by atoms with van der Waals surface area (Å²) in [6.07, 6.45) is 6.05. The lowest BCUT2D eigenvalue weighted by Crippen LogP contribution is -2.41. The summed E-state index contributed by atoms with van der Waals surface area (Å²) in [7, 11) is 3.67. The number of nitrogens with two attached hydrogens (primary N) is 1. The predicted molar refractivity (Wildman–Crippen MR) is 178 cm³/mol. The van der Waals surface area contributed by atoms with Crippen LogP contribution in [0.5, 0.6) is 5.75 Å². The van der Waals surface area contributed by atoms with Crippen LogP contribution in [0.25, 0.3) is 55.5 Å². The van der Waals surface area contributed by atoms with Gasteiger partial charge in [-0.25, -0.2) is 4.98 Å². The van der Waals surface area contributed by atoms with E-state index in [2.05, 4.69) is 39.5 Å². The summed E-state index contributed by atoms with van der Waals surface area (Å²) < 4.78 is 11.3. The van der Waals surface area contributed by atoms with Gasteiger partial charge in [0, 0.05) is 66.2 Å². The van der Waals surface area contributed by atoms with E-state index in [1.165, 1.54) is 19.0 Å². The number of methoxy groups -OCH3 is 1. The third kappa shape index (κ3) is 4.14. The lowest BCUT2D eigenvalue weighted by atomic mass is 10.0. The second kappa shape index (κ2) is 10.1. The number of amides is 1. The Kier molecular flexibility index (Phi) is 5.99. The number of imidazole rings is 1. The van der Waals surface area contributed by atoms with E-state index in [0.717, 1.165) is 80.6 Å². The molecule has 46 heavy (non-hydrogen) atoms. The predicted octanol–water partition coefficient (Wildman–Crippen LogP) is 5.63. The highest BCUT2D eigenvalue weighted by molar-refractivity contribution is 6.01. The molecule has 0 radical (unpaired) electrons. The molecule has 1 saturated heterocycles. The van der Waals surface area contributed by atoms with E-state index in [4.69, 9.17) is 15.5 Å². The number of aromatic nitrogens is 4. The van der Waals surface area contributed by atoms with Crippen LogP contribution in [0.1, 0.15) is 36.0 Å². The molecule has 0 unspecified atom stereocenters. The number of piperidine rings is 1. The molecule has 2 bridgehead atoms. The van der Waals surface area contributed by atoms with E-state index in [1.807, 2.05) is 42.3 Å². The van der Waals surface area contributed by atoms with Crippen molar-refractivity contribution in [3.05, 3.63) is 83.7 Å². The van der Waals surface area contributed by atoms with Gasteiger partial charge in [0.2, 0.25) is 5.52 Å². The first kappa shape index (κ1) is 27.4. The molecular weight excluding hydrogens is 576 g/mol. The highest BCUT2D eigenvalue weighted by atomic mass is 16.5. The molecule has 1 amide bonds. The second-order valence-electron chi connectivity index (χ2n) is 13.4. The largest absolute Gasteiger partial charge is 0.618 e. The van der Waals surface area contributed by atoms with Crippen LogP contribution in [-0.2, 0) is 13.6 Å². The number of benzene rings is 3. The lowest BCUT2D eigenvalue weighted by Gasteiger charge is -2.27. The first-order valence-corrected chi connectivity index (χ1v) is 16.2. The zero-order valence-corrected chi connectivity index (χ0v) is 26.0. The SMILES string of the molecule is COc1cc(C(=O)N2C[C@H]3CC[C@@H]2[C@@H]3N)cc2nc(-c3cc4ccc(-c5ccc6c(ccc[n+]6[O-])c5)cc4n3CC3CC3)n(C)c12. The molecular formula is C37H36N6O3. The number of carbonyl (C=O) groups excluding carboxylic acids is 1. The van der Waals surface area contributed by atoms with Crippen molar-refractivity contribution in [2.75, 3.05) is 13.7 Å². The maximum Gasteiger partial charge on any atom is 0.254 e. The van der Waals surface area contributed by atoms with Crippen molar-refractivity contribution in [1.29, 1.82) is 0 Å². The summed E-state index contributed by atoms with van der Waals surface area (Å²) in [5, 5.41) is 14.3. The van der Waals surface area contributed by atoms with Crippen LogP contribution in [0.15, 0.2) is 72.9 Å². The summed E-state index contributed by atoms with van der Waals surface area (Å²) in [6, 6.07) is 22.5. The molecule has 4 heterocycles. The third-order valence-corrected chi connectivity index (χ3v) is 10.7. The number of aryl methyl sites for hydroxylation is 1. The number of hydrogen-bond acceptors (Lipinski definition) is 5. The van der Waals surface area contributed by atoms with Crippen molar-refractivity contribution in [2.45, 2.75) is 44.3 Å². The van der Waals surface area contributed by atoms with Gasteiger partial charge in [-0.15, -0.1) is 0 Å². The standard InChI is InChI=1S/C37H36N6O3/c1-40-35-28(15-27(18-33(35)46-2)37(44)42-20-26-10-12-30(42)34(26)38)39-36(40)32-17-25-8-7-23(16-31(25)41(32)19-21-5-6-21)22-9-11-29-24(14-22)4-3-13-43(29)45/h3-4,7-9,11,13-18,21,26,30,34H,5-6,10,12,19-20,38H2,1-2H3/t26-,30-,34-/m1/s1. The Bertz CT molecular complexity index is 2210. The van der Waals surface area contributed by atoms with E-state index in [9.17, 15) is 10.0 Å². The minimum Gasteiger partial charge on any atom is -0.618 e. The van der Waals surface area contributed by atoms with Crippen molar-refractivity contribution in [2.24, 2.45) is 24.6 Å². The fraction of sp³-hybridized carbons (Fsp3) is 0.324. The van der Waals surface area contributed by atoms with Crippen molar-refractivity contribution in [3.8, 4) is 28.4 Å². The van der Waals surface area contributed by atoms with Gasteiger partial charge in [-0.1, -0.05) is 12.1 Å². The number of ether oxygens (including phenoxy) is 1. The normalized spacial score (nSPS) is 20.8. The van der Waals surface area contributed by atoms with Crippen LogP contribution in [0.4, 0.5) is 0 Å². The number of fused-ring (bicyclic) bond motifs is 5. The van der Waals surface area contributed by atoms with Gasteiger partial charge >= 0.3 is 0 Å². The first-order chi connectivity index (χ1) is 22.4. The van der Waals surface area contributed by atoms with Crippen molar-refractivity contribution >= 4 is 38.7 Å². The minimum atomic E-state index is 0.00388. The average molecular weight is 613 g/mol. The van der Waals surface area contributed by atoms with Gasteiger partial charge in [0.25, 0.3) is 5.91 Å². The van der Waals surface area contributed by atoms with Gasteiger partial charge in [-0.2, -0.15) is 4.73 Å². The van der Waals surface area contributed by atoms with Crippen LogP contribution in [0, 0.1) is 17.0 Å². The number of rotatable bonds is 6. The quantitative estimate of drug-likeness (QED) is 0.194. The van der Waals surface area contributed by atoms with Gasteiger partial charge in [0.05, 0.1) is 18.3 Å². The maximum atomic E-state index is 13.8. The fourth-order valence-electron chi connectivity index (χ4n) is 8.01. The van der Waals surface area contributed by atoms with Crippen LogP contribution < -0.4 is 15.2 Å². The Labute approximate surface area is 266 Å². The fourth-order valence-corrected chi connectivity index (χ4v) is 8.01. The van der Waals surface area contributed by atoms with Crippen molar-refractivity contribution < 1.29 is 14.3 Å². The highest BCUT2D eigenvalue weighted by Gasteiger charge is 2.47. The van der Waals surface area contributed by atoms with E-state index in [1.54, 1.807) is 13.2 Å². The number of pyridine rings is 1. The zero-order chi connectivity index (χ0) is 31.3. The minimum absolute atomic E-state index is 0.00388. The molecule has 0 spiro atoms. The van der Waals surface area contributed by atoms with E-state index >= 15 is 0 Å². The summed E-state index contributed by atoms with van der Waals surface area (Å²) in [6.45, 7) is 1.64. The van der Waals surface area contributed by atoms with Gasteiger partial charge in [-0.05, 0) is 91.1 Å². The molecule has 2 aliphatic carbocycles. The van der Waals surface area contributed by atoms with E-state index < -0.39 is 0 Å². The summed E-state index contributed by atoms with van der Waals surface area (Å²) in [4.78, 5) is 20.9. The molecule has 3 aromatic carbocycles. The van der Waals surface area contributed by atoms with Crippen LogP contribution in [0.2, 0.25) is 0 Å². The number of nitrogens with zero attached hydrogens (tertiary/aromatic N) is 5. The monoisotopic (exact) mass is 612 g/mol. The van der Waals surface area contributed by atoms with Gasteiger partial charge in [0.15, 0.2) is 12.0 Å². The lowest BCUT2D eigenvalue weighted by molar-refractivity contribution is -0.577. The highest BCUT2D eigenvalue weighted by Crippen LogP contribution is 2.41. The van der Waals surface area contributed by atoms with Gasteiger partial charge < -0.3 is 29.7 Å². The Morgan fingerprint density at radius 1 is 1.02 bits per heavy atom. The maximum absolute atomic E-state index is 13.8. The molecule has 3 aromatic heterocycles.